The van der Waals surface area contributed by atoms with Gasteiger partial charge in [-0.1, -0.05) is 49.2 Å². The van der Waals surface area contributed by atoms with Gasteiger partial charge in [-0.15, -0.1) is 0 Å². The Hall–Kier alpha value is -3.15. The van der Waals surface area contributed by atoms with Gasteiger partial charge in [0.1, 0.15) is 0 Å². The molecule has 1 saturated carbocycles. The fraction of sp³-hybridized carbons (Fsp3) is 0.348. The van der Waals surface area contributed by atoms with Gasteiger partial charge in [0.2, 0.25) is 17.7 Å². The van der Waals surface area contributed by atoms with Gasteiger partial charge in [-0.25, -0.2) is 0 Å². The second-order valence-corrected chi connectivity index (χ2v) is 7.62. The van der Waals surface area contributed by atoms with Crippen LogP contribution in [0, 0.1) is 11.8 Å². The zero-order chi connectivity index (χ0) is 20.2. The van der Waals surface area contributed by atoms with E-state index in [0.717, 1.165) is 37.1 Å². The molecule has 6 heteroatoms. The highest BCUT2D eigenvalue weighted by atomic mass is 16.2. The number of anilines is 2. The van der Waals surface area contributed by atoms with Gasteiger partial charge in [0.15, 0.2) is 0 Å². The van der Waals surface area contributed by atoms with Crippen molar-refractivity contribution in [3.05, 3.63) is 60.7 Å². The number of carbonyl (C=O) groups excluding carboxylic acids is 3. The molecular weight excluding hydrogens is 366 g/mol. The first-order valence-corrected chi connectivity index (χ1v) is 10.2. The number of likely N-dealkylation sites (tertiary alicyclic amines) is 1. The van der Waals surface area contributed by atoms with Gasteiger partial charge in [-0.05, 0) is 37.1 Å². The number of nitrogens with zero attached hydrogens (tertiary/aromatic N) is 2. The van der Waals surface area contributed by atoms with Crippen LogP contribution in [0.3, 0.4) is 0 Å². The van der Waals surface area contributed by atoms with Gasteiger partial charge in [0, 0.05) is 13.0 Å². The monoisotopic (exact) mass is 391 g/mol. The van der Waals surface area contributed by atoms with Crippen molar-refractivity contribution in [1.29, 1.82) is 0 Å². The summed E-state index contributed by atoms with van der Waals surface area (Å²) in [5, 5.41) is 1.72. The second-order valence-electron chi connectivity index (χ2n) is 7.62. The maximum Gasteiger partial charge on any atom is 0.240 e. The predicted octanol–water partition coefficient (Wildman–Crippen LogP) is 3.42. The molecule has 0 radical (unpaired) electrons. The van der Waals surface area contributed by atoms with Crippen LogP contribution in [0.15, 0.2) is 60.7 Å². The first-order chi connectivity index (χ1) is 14.1. The topological polar surface area (TPSA) is 69.7 Å². The SMILES string of the molecule is O=C(CCN1C(=O)[C@@H]2CCCC[C@H]2C1=O)NN(c1ccccc1)c1ccccc1. The number of nitrogens with one attached hydrogen (secondary N) is 1. The Labute approximate surface area is 170 Å². The lowest BCUT2D eigenvalue weighted by Gasteiger charge is -2.26. The van der Waals surface area contributed by atoms with Gasteiger partial charge < -0.3 is 0 Å². The number of fused-ring (bicyclic) bond motifs is 1. The van der Waals surface area contributed by atoms with Gasteiger partial charge in [-0.2, -0.15) is 0 Å². The van der Waals surface area contributed by atoms with E-state index in [2.05, 4.69) is 5.43 Å². The van der Waals surface area contributed by atoms with E-state index in [-0.39, 0.29) is 42.5 Å². The maximum atomic E-state index is 12.7. The molecule has 29 heavy (non-hydrogen) atoms. The van der Waals surface area contributed by atoms with E-state index in [4.69, 9.17) is 0 Å². The highest BCUT2D eigenvalue weighted by Gasteiger charge is 2.47. The third kappa shape index (κ3) is 4.01. The van der Waals surface area contributed by atoms with Crippen LogP contribution in [0.2, 0.25) is 0 Å². The molecule has 1 aliphatic carbocycles. The molecular formula is C23H25N3O3. The summed E-state index contributed by atoms with van der Waals surface area (Å²) in [4.78, 5) is 39.2. The van der Waals surface area contributed by atoms with E-state index < -0.39 is 0 Å². The Bertz CT molecular complexity index is 821. The molecule has 6 nitrogen and oxygen atoms in total. The summed E-state index contributed by atoms with van der Waals surface area (Å²) in [6, 6.07) is 19.1. The van der Waals surface area contributed by atoms with Crippen LogP contribution in [-0.4, -0.2) is 29.2 Å². The van der Waals surface area contributed by atoms with Crippen LogP contribution in [0.5, 0.6) is 0 Å². The molecule has 0 aromatic heterocycles. The number of hydrogen-bond donors (Lipinski definition) is 1. The summed E-state index contributed by atoms with van der Waals surface area (Å²) in [6.45, 7) is 0.133. The molecule has 2 atom stereocenters. The van der Waals surface area contributed by atoms with E-state index >= 15 is 0 Å². The Balaban J connectivity index is 1.42. The van der Waals surface area contributed by atoms with Crippen molar-refractivity contribution in [3.63, 3.8) is 0 Å². The molecule has 2 fully saturated rings. The summed E-state index contributed by atoms with van der Waals surface area (Å²) >= 11 is 0. The average molecular weight is 391 g/mol. The molecule has 0 bridgehead atoms. The molecule has 1 aliphatic heterocycles. The first kappa shape index (κ1) is 19.2. The minimum atomic E-state index is -0.242. The van der Waals surface area contributed by atoms with Crippen molar-refractivity contribution < 1.29 is 14.4 Å². The van der Waals surface area contributed by atoms with Gasteiger partial charge in [0.05, 0.1) is 23.2 Å². The molecule has 150 valence electrons. The summed E-state index contributed by atoms with van der Waals surface area (Å²) in [5.41, 5.74) is 4.56. The third-order valence-corrected chi connectivity index (χ3v) is 5.76. The van der Waals surface area contributed by atoms with Crippen molar-refractivity contribution in [2.24, 2.45) is 11.8 Å². The lowest BCUT2D eigenvalue weighted by molar-refractivity contribution is -0.140. The van der Waals surface area contributed by atoms with Crippen LogP contribution in [0.1, 0.15) is 32.1 Å². The fourth-order valence-corrected chi connectivity index (χ4v) is 4.28. The van der Waals surface area contributed by atoms with Gasteiger partial charge >= 0.3 is 0 Å². The molecule has 1 N–H and O–H groups in total. The van der Waals surface area contributed by atoms with Crippen LogP contribution < -0.4 is 10.4 Å². The van der Waals surface area contributed by atoms with E-state index in [1.807, 2.05) is 60.7 Å². The summed E-state index contributed by atoms with van der Waals surface area (Å²) in [7, 11) is 0. The van der Waals surface area contributed by atoms with Crippen molar-refractivity contribution in [2.45, 2.75) is 32.1 Å². The standard InChI is InChI=1S/C23H25N3O3/c27-21(15-16-25-22(28)19-13-7-8-14-20(19)23(25)29)24-26(17-9-3-1-4-10-17)18-11-5-2-6-12-18/h1-6,9-12,19-20H,7-8,13-16H2,(H,24,27)/t19-,20-/m1/s1. The Morgan fingerprint density at radius 2 is 1.34 bits per heavy atom. The second kappa shape index (κ2) is 8.47. The first-order valence-electron chi connectivity index (χ1n) is 10.2. The highest BCUT2D eigenvalue weighted by molar-refractivity contribution is 6.05. The Morgan fingerprint density at radius 1 is 0.862 bits per heavy atom. The number of carbonyl (C=O) groups is 3. The average Bonchev–Trinajstić information content (AvgIpc) is 3.02. The van der Waals surface area contributed by atoms with Crippen molar-refractivity contribution in [2.75, 3.05) is 11.6 Å². The summed E-state index contributed by atoms with van der Waals surface area (Å²) in [5.74, 6) is -0.798. The maximum absolute atomic E-state index is 12.7. The number of imide groups is 1. The van der Waals surface area contributed by atoms with E-state index in [1.54, 1.807) is 5.01 Å². The largest absolute Gasteiger partial charge is 0.282 e. The van der Waals surface area contributed by atoms with Crippen molar-refractivity contribution in [3.8, 4) is 0 Å². The van der Waals surface area contributed by atoms with Gasteiger partial charge in [-0.3, -0.25) is 29.7 Å². The lowest BCUT2D eigenvalue weighted by atomic mass is 9.81. The minimum Gasteiger partial charge on any atom is -0.282 e. The van der Waals surface area contributed by atoms with Crippen LogP contribution in [0.25, 0.3) is 0 Å². The zero-order valence-electron chi connectivity index (χ0n) is 16.3. The number of hydrogen-bond acceptors (Lipinski definition) is 4. The molecule has 2 aromatic carbocycles. The number of amides is 3. The fourth-order valence-electron chi connectivity index (χ4n) is 4.28. The van der Waals surface area contributed by atoms with E-state index in [1.165, 1.54) is 4.90 Å². The molecule has 0 spiro atoms. The number of hydrazine groups is 1. The molecule has 2 aliphatic rings. The summed E-state index contributed by atoms with van der Waals surface area (Å²) in [6.07, 6.45) is 3.64. The van der Waals surface area contributed by atoms with Crippen molar-refractivity contribution in [1.82, 2.24) is 10.3 Å². The predicted molar refractivity (Wildman–Crippen MR) is 110 cm³/mol. The van der Waals surface area contributed by atoms with Gasteiger partial charge in [0.25, 0.3) is 0 Å². The summed E-state index contributed by atoms with van der Waals surface area (Å²) < 4.78 is 0. The quantitative estimate of drug-likeness (QED) is 0.605. The Kier molecular flexibility index (Phi) is 5.60. The molecule has 0 unspecified atom stereocenters. The lowest BCUT2D eigenvalue weighted by Crippen LogP contribution is -2.41. The molecule has 2 aromatic rings. The molecule has 4 rings (SSSR count). The number of rotatable bonds is 6. The molecule has 3 amide bonds. The smallest absolute Gasteiger partial charge is 0.240 e. The number of para-hydroxylation sites is 2. The third-order valence-electron chi connectivity index (χ3n) is 5.76. The van der Waals surface area contributed by atoms with E-state index in [0.29, 0.717) is 0 Å². The van der Waals surface area contributed by atoms with Crippen LogP contribution >= 0.6 is 0 Å². The highest BCUT2D eigenvalue weighted by Crippen LogP contribution is 2.38. The van der Waals surface area contributed by atoms with Crippen LogP contribution in [0.4, 0.5) is 11.4 Å². The number of benzene rings is 2. The molecule has 1 saturated heterocycles. The zero-order valence-corrected chi connectivity index (χ0v) is 16.3. The van der Waals surface area contributed by atoms with E-state index in [9.17, 15) is 14.4 Å². The Morgan fingerprint density at radius 3 is 1.83 bits per heavy atom. The van der Waals surface area contributed by atoms with Crippen LogP contribution in [-0.2, 0) is 14.4 Å². The normalized spacial score (nSPS) is 21.0. The van der Waals surface area contributed by atoms with Crippen molar-refractivity contribution >= 4 is 29.1 Å². The minimum absolute atomic E-state index is 0.0765. The molecule has 1 heterocycles.